The first kappa shape index (κ1) is 26.8. The second-order valence-corrected chi connectivity index (χ2v) is 7.94. The maximum Gasteiger partial charge on any atom is 0.317 e. The van der Waals surface area contributed by atoms with Crippen LogP contribution in [0.15, 0.2) is 59.7 Å². The summed E-state index contributed by atoms with van der Waals surface area (Å²) in [6.45, 7) is 0.463. The number of nitrogens with two attached hydrogens (primary N) is 1. The SMILES string of the molecule is Cl.NN=Cc1ccc(CNC(=O)[C@@H]2CCCN2C(=O)C(Cc2ccccc2)NCC(=O)O)cc1. The van der Waals surface area contributed by atoms with Gasteiger partial charge < -0.3 is 21.2 Å². The van der Waals surface area contributed by atoms with Crippen molar-refractivity contribution in [1.82, 2.24) is 15.5 Å². The van der Waals surface area contributed by atoms with Crippen LogP contribution in [-0.4, -0.2) is 59.2 Å². The van der Waals surface area contributed by atoms with Gasteiger partial charge >= 0.3 is 5.97 Å². The molecule has 0 aliphatic carbocycles. The van der Waals surface area contributed by atoms with Crippen molar-refractivity contribution < 1.29 is 19.5 Å². The monoisotopic (exact) mass is 487 g/mol. The minimum absolute atomic E-state index is 0. The summed E-state index contributed by atoms with van der Waals surface area (Å²) in [6.07, 6.45) is 3.17. The number of halogens is 1. The molecule has 1 fully saturated rings. The molecule has 2 atom stereocenters. The van der Waals surface area contributed by atoms with E-state index in [1.807, 2.05) is 54.6 Å². The standard InChI is InChI=1S/C24H29N5O4.ClH/c25-28-15-19-10-8-18(9-11-19)14-27-23(32)21-7-4-12-29(21)24(33)20(26-16-22(30)31)13-17-5-2-1-3-6-17;/h1-3,5-6,8-11,15,20-21,26H,4,7,12-14,16,25H2,(H,27,32)(H,30,31);1H/t20?,21-;/m0./s1. The normalized spacial score (nSPS) is 16.1. The van der Waals surface area contributed by atoms with Crippen LogP contribution in [0.5, 0.6) is 0 Å². The highest BCUT2D eigenvalue weighted by molar-refractivity contribution is 5.90. The van der Waals surface area contributed by atoms with Crippen LogP contribution in [0.2, 0.25) is 0 Å². The quantitative estimate of drug-likeness (QED) is 0.226. The maximum atomic E-state index is 13.3. The summed E-state index contributed by atoms with van der Waals surface area (Å²) in [5.74, 6) is 3.63. The maximum absolute atomic E-state index is 13.3. The molecule has 1 saturated heterocycles. The van der Waals surface area contributed by atoms with Gasteiger partial charge in [-0.25, -0.2) is 0 Å². The molecule has 2 aromatic carbocycles. The van der Waals surface area contributed by atoms with Crippen LogP contribution in [0.3, 0.4) is 0 Å². The number of carboxylic acid groups (broad SMARTS) is 1. The van der Waals surface area contributed by atoms with Gasteiger partial charge in [0.1, 0.15) is 6.04 Å². The van der Waals surface area contributed by atoms with E-state index < -0.39 is 18.1 Å². The summed E-state index contributed by atoms with van der Waals surface area (Å²) < 4.78 is 0. The molecule has 1 heterocycles. The lowest BCUT2D eigenvalue weighted by Gasteiger charge is -2.28. The van der Waals surface area contributed by atoms with Crippen molar-refractivity contribution in [1.29, 1.82) is 0 Å². The Morgan fingerprint density at radius 2 is 1.82 bits per heavy atom. The second-order valence-electron chi connectivity index (χ2n) is 7.94. The van der Waals surface area contributed by atoms with Crippen LogP contribution in [0.4, 0.5) is 0 Å². The van der Waals surface area contributed by atoms with Gasteiger partial charge in [0.2, 0.25) is 11.8 Å². The number of carboxylic acids is 1. The number of hydrogen-bond donors (Lipinski definition) is 4. The molecule has 0 bridgehead atoms. The minimum atomic E-state index is -1.04. The van der Waals surface area contributed by atoms with E-state index in [-0.39, 0.29) is 30.8 Å². The molecule has 2 aromatic rings. The van der Waals surface area contributed by atoms with Gasteiger partial charge in [0.15, 0.2) is 0 Å². The van der Waals surface area contributed by atoms with E-state index in [1.165, 1.54) is 6.21 Å². The predicted octanol–water partition coefficient (Wildman–Crippen LogP) is 1.29. The van der Waals surface area contributed by atoms with Gasteiger partial charge in [0.25, 0.3) is 0 Å². The van der Waals surface area contributed by atoms with Crippen LogP contribution in [0, 0.1) is 0 Å². The van der Waals surface area contributed by atoms with Crippen molar-refractivity contribution in [3.63, 3.8) is 0 Å². The van der Waals surface area contributed by atoms with Crippen LogP contribution in [-0.2, 0) is 27.3 Å². The summed E-state index contributed by atoms with van der Waals surface area (Å²) in [5.41, 5.74) is 2.69. The Morgan fingerprint density at radius 3 is 2.47 bits per heavy atom. The molecule has 0 aromatic heterocycles. The first-order valence-electron chi connectivity index (χ1n) is 10.9. The van der Waals surface area contributed by atoms with Crippen molar-refractivity contribution >= 4 is 36.4 Å². The molecule has 10 heteroatoms. The molecular formula is C24H30ClN5O4. The van der Waals surface area contributed by atoms with Crippen LogP contribution in [0.1, 0.15) is 29.5 Å². The number of hydrogen-bond acceptors (Lipinski definition) is 6. The van der Waals surface area contributed by atoms with Gasteiger partial charge in [-0.2, -0.15) is 5.10 Å². The molecule has 0 radical (unpaired) electrons. The van der Waals surface area contributed by atoms with Crippen LogP contribution in [0.25, 0.3) is 0 Å². The summed E-state index contributed by atoms with van der Waals surface area (Å²) in [6, 6.07) is 15.6. The molecule has 34 heavy (non-hydrogen) atoms. The van der Waals surface area contributed by atoms with E-state index in [0.29, 0.717) is 32.4 Å². The molecular weight excluding hydrogens is 458 g/mol. The number of rotatable bonds is 10. The zero-order valence-electron chi connectivity index (χ0n) is 18.7. The van der Waals surface area contributed by atoms with Gasteiger partial charge in [0.05, 0.1) is 18.8 Å². The number of nitrogens with zero attached hydrogens (tertiary/aromatic N) is 2. The smallest absolute Gasteiger partial charge is 0.317 e. The Balaban J connectivity index is 0.00000408. The third kappa shape index (κ3) is 7.57. The number of benzene rings is 2. The van der Waals surface area contributed by atoms with Crippen molar-refractivity contribution in [2.45, 2.75) is 37.9 Å². The summed E-state index contributed by atoms with van der Waals surface area (Å²) in [7, 11) is 0. The third-order valence-corrected chi connectivity index (χ3v) is 5.59. The molecule has 0 spiro atoms. The Morgan fingerprint density at radius 1 is 1.12 bits per heavy atom. The van der Waals surface area contributed by atoms with Crippen LogP contribution < -0.4 is 16.5 Å². The predicted molar refractivity (Wildman–Crippen MR) is 132 cm³/mol. The van der Waals surface area contributed by atoms with E-state index in [1.54, 1.807) is 4.90 Å². The molecule has 0 saturated carbocycles. The zero-order chi connectivity index (χ0) is 23.6. The first-order valence-corrected chi connectivity index (χ1v) is 10.9. The zero-order valence-corrected chi connectivity index (χ0v) is 19.5. The second kappa shape index (κ2) is 13.3. The highest BCUT2D eigenvalue weighted by Gasteiger charge is 2.37. The summed E-state index contributed by atoms with van der Waals surface area (Å²) in [4.78, 5) is 38.9. The highest BCUT2D eigenvalue weighted by Crippen LogP contribution is 2.20. The van der Waals surface area contributed by atoms with Gasteiger partial charge in [-0.15, -0.1) is 12.4 Å². The summed E-state index contributed by atoms with van der Waals surface area (Å²) in [5, 5.41) is 18.3. The van der Waals surface area contributed by atoms with Crippen molar-refractivity contribution in [2.24, 2.45) is 10.9 Å². The number of carbonyl (C=O) groups is 3. The summed E-state index contributed by atoms with van der Waals surface area (Å²) >= 11 is 0. The third-order valence-electron chi connectivity index (χ3n) is 5.59. The van der Waals surface area contributed by atoms with Crippen molar-refractivity contribution in [2.75, 3.05) is 13.1 Å². The van der Waals surface area contributed by atoms with E-state index in [9.17, 15) is 14.4 Å². The van der Waals surface area contributed by atoms with E-state index in [0.717, 1.165) is 16.7 Å². The Bertz CT molecular complexity index is 985. The fourth-order valence-electron chi connectivity index (χ4n) is 3.92. The Labute approximate surface area is 204 Å². The molecule has 3 rings (SSSR count). The molecule has 182 valence electrons. The fourth-order valence-corrected chi connectivity index (χ4v) is 3.92. The molecule has 1 aliphatic rings. The number of hydrazone groups is 1. The van der Waals surface area contributed by atoms with Crippen molar-refractivity contribution in [3.05, 3.63) is 71.3 Å². The average molecular weight is 488 g/mol. The van der Waals surface area contributed by atoms with Gasteiger partial charge in [-0.05, 0) is 36.0 Å². The fraction of sp³-hybridized carbons (Fsp3) is 0.333. The molecule has 9 nitrogen and oxygen atoms in total. The van der Waals surface area contributed by atoms with Crippen LogP contribution >= 0.6 is 12.4 Å². The van der Waals surface area contributed by atoms with E-state index in [2.05, 4.69) is 15.7 Å². The molecule has 1 unspecified atom stereocenters. The van der Waals surface area contributed by atoms with Crippen molar-refractivity contribution in [3.8, 4) is 0 Å². The number of nitrogens with one attached hydrogen (secondary N) is 2. The largest absolute Gasteiger partial charge is 0.480 e. The minimum Gasteiger partial charge on any atom is -0.480 e. The number of carbonyl (C=O) groups excluding carboxylic acids is 2. The number of amides is 2. The lowest BCUT2D eigenvalue weighted by Crippen LogP contribution is -2.53. The van der Waals surface area contributed by atoms with E-state index in [4.69, 9.17) is 10.9 Å². The van der Waals surface area contributed by atoms with Gasteiger partial charge in [0, 0.05) is 13.1 Å². The average Bonchev–Trinajstić information content (AvgIpc) is 3.31. The van der Waals surface area contributed by atoms with Gasteiger partial charge in [-0.1, -0.05) is 54.6 Å². The Kier molecular flexibility index (Phi) is 10.5. The molecule has 1 aliphatic heterocycles. The lowest BCUT2D eigenvalue weighted by molar-refractivity contribution is -0.141. The first-order chi connectivity index (χ1) is 16.0. The Hall–Kier alpha value is -3.43. The van der Waals surface area contributed by atoms with E-state index >= 15 is 0 Å². The highest BCUT2D eigenvalue weighted by atomic mass is 35.5. The molecule has 5 N–H and O–H groups in total. The lowest BCUT2D eigenvalue weighted by atomic mass is 10.0. The number of aliphatic carboxylic acids is 1. The van der Waals surface area contributed by atoms with Gasteiger partial charge in [-0.3, -0.25) is 19.7 Å². The molecule has 2 amide bonds. The topological polar surface area (TPSA) is 137 Å². The number of likely N-dealkylation sites (tertiary alicyclic amines) is 1.